The van der Waals surface area contributed by atoms with Crippen molar-refractivity contribution in [3.8, 4) is 0 Å². The summed E-state index contributed by atoms with van der Waals surface area (Å²) in [5.74, 6) is -0.0773. The van der Waals surface area contributed by atoms with Crippen molar-refractivity contribution in [1.82, 2.24) is 5.32 Å². The number of halogens is 2. The van der Waals surface area contributed by atoms with Gasteiger partial charge in [-0.15, -0.1) is 0 Å². The Hall–Kier alpha value is -2.24. The zero-order chi connectivity index (χ0) is 19.2. The Balaban J connectivity index is 1.55. The van der Waals surface area contributed by atoms with E-state index in [0.717, 1.165) is 12.8 Å². The van der Waals surface area contributed by atoms with Gasteiger partial charge in [-0.25, -0.2) is 4.79 Å². The van der Waals surface area contributed by atoms with E-state index in [0.29, 0.717) is 27.0 Å². The van der Waals surface area contributed by atoms with E-state index in [-0.39, 0.29) is 11.9 Å². The van der Waals surface area contributed by atoms with E-state index in [1.54, 1.807) is 42.5 Å². The minimum Gasteiger partial charge on any atom is -0.349 e. The number of anilines is 2. The molecule has 5 nitrogen and oxygen atoms in total. The first-order valence-corrected chi connectivity index (χ1v) is 9.70. The Morgan fingerprint density at radius 1 is 0.815 bits per heavy atom. The van der Waals surface area contributed by atoms with Gasteiger partial charge in [-0.3, -0.25) is 4.79 Å². The van der Waals surface area contributed by atoms with Crippen LogP contribution in [0.1, 0.15) is 42.5 Å². The molecule has 0 radical (unpaired) electrons. The van der Waals surface area contributed by atoms with Gasteiger partial charge in [0.25, 0.3) is 5.91 Å². The van der Waals surface area contributed by atoms with E-state index < -0.39 is 6.03 Å². The van der Waals surface area contributed by atoms with Gasteiger partial charge in [0.2, 0.25) is 0 Å². The summed E-state index contributed by atoms with van der Waals surface area (Å²) in [4.78, 5) is 24.4. The molecule has 2 aromatic rings. The molecule has 0 spiro atoms. The molecule has 0 aliphatic heterocycles. The van der Waals surface area contributed by atoms with E-state index in [1.807, 2.05) is 0 Å². The minimum absolute atomic E-state index is 0.0773. The Morgan fingerprint density at radius 2 is 1.41 bits per heavy atom. The summed E-state index contributed by atoms with van der Waals surface area (Å²) >= 11 is 11.8. The molecular weight excluding hydrogens is 385 g/mol. The molecule has 142 valence electrons. The molecule has 3 amide bonds. The molecule has 0 heterocycles. The van der Waals surface area contributed by atoms with Gasteiger partial charge in [0.1, 0.15) is 0 Å². The largest absolute Gasteiger partial charge is 0.349 e. The maximum absolute atomic E-state index is 12.3. The highest BCUT2D eigenvalue weighted by Gasteiger charge is 2.16. The van der Waals surface area contributed by atoms with Crippen molar-refractivity contribution in [3.05, 3.63) is 58.1 Å². The standard InChI is InChI=1S/C20H21Cl2N3O2/c21-14-10-15(22)12-18(11-14)25-20(27)24-17-8-6-13(7-9-17)19(26)23-16-4-2-1-3-5-16/h6-12,16H,1-5H2,(H,23,26)(H2,24,25,27). The van der Waals surface area contributed by atoms with Crippen molar-refractivity contribution < 1.29 is 9.59 Å². The molecule has 2 aromatic carbocycles. The van der Waals surface area contributed by atoms with Gasteiger partial charge in [-0.2, -0.15) is 0 Å². The van der Waals surface area contributed by atoms with Crippen LogP contribution in [0.5, 0.6) is 0 Å². The van der Waals surface area contributed by atoms with Crippen LogP contribution in [-0.2, 0) is 0 Å². The van der Waals surface area contributed by atoms with Gasteiger partial charge in [0, 0.05) is 33.0 Å². The maximum atomic E-state index is 12.3. The fourth-order valence-corrected chi connectivity index (χ4v) is 3.67. The van der Waals surface area contributed by atoms with Gasteiger partial charge in [-0.1, -0.05) is 42.5 Å². The first-order chi connectivity index (χ1) is 13.0. The van der Waals surface area contributed by atoms with Crippen LogP contribution in [0.2, 0.25) is 10.0 Å². The van der Waals surface area contributed by atoms with E-state index in [1.165, 1.54) is 19.3 Å². The molecule has 27 heavy (non-hydrogen) atoms. The Bertz CT molecular complexity index is 798. The minimum atomic E-state index is -0.423. The molecule has 1 saturated carbocycles. The number of rotatable bonds is 4. The topological polar surface area (TPSA) is 70.2 Å². The molecule has 3 N–H and O–H groups in total. The maximum Gasteiger partial charge on any atom is 0.323 e. The average molecular weight is 406 g/mol. The van der Waals surface area contributed by atoms with Gasteiger partial charge >= 0.3 is 6.03 Å². The lowest BCUT2D eigenvalue weighted by molar-refractivity contribution is 0.0927. The summed E-state index contributed by atoms with van der Waals surface area (Å²) in [6, 6.07) is 11.4. The van der Waals surface area contributed by atoms with Crippen molar-refractivity contribution in [2.24, 2.45) is 0 Å². The van der Waals surface area contributed by atoms with Crippen molar-refractivity contribution >= 4 is 46.5 Å². The van der Waals surface area contributed by atoms with Crippen LogP contribution in [0.3, 0.4) is 0 Å². The van der Waals surface area contributed by atoms with E-state index in [9.17, 15) is 9.59 Å². The third-order valence-electron chi connectivity index (χ3n) is 4.47. The molecular formula is C20H21Cl2N3O2. The molecule has 7 heteroatoms. The van der Waals surface area contributed by atoms with Crippen LogP contribution < -0.4 is 16.0 Å². The van der Waals surface area contributed by atoms with Crippen LogP contribution in [0.4, 0.5) is 16.2 Å². The van der Waals surface area contributed by atoms with Crippen LogP contribution in [0, 0.1) is 0 Å². The predicted octanol–water partition coefficient (Wildman–Crippen LogP) is 5.70. The van der Waals surface area contributed by atoms with Crippen LogP contribution in [0.25, 0.3) is 0 Å². The molecule has 0 aromatic heterocycles. The zero-order valence-corrected chi connectivity index (χ0v) is 16.2. The van der Waals surface area contributed by atoms with Crippen LogP contribution in [-0.4, -0.2) is 18.0 Å². The normalized spacial score (nSPS) is 14.4. The second-order valence-corrected chi connectivity index (χ2v) is 7.50. The number of benzene rings is 2. The van der Waals surface area contributed by atoms with Crippen molar-refractivity contribution in [1.29, 1.82) is 0 Å². The highest BCUT2D eigenvalue weighted by Crippen LogP contribution is 2.23. The smallest absolute Gasteiger partial charge is 0.323 e. The SMILES string of the molecule is O=C(Nc1ccc(C(=O)NC2CCCCC2)cc1)Nc1cc(Cl)cc(Cl)c1. The van der Waals surface area contributed by atoms with Gasteiger partial charge in [-0.05, 0) is 55.3 Å². The lowest BCUT2D eigenvalue weighted by Gasteiger charge is -2.22. The molecule has 1 aliphatic rings. The summed E-state index contributed by atoms with van der Waals surface area (Å²) in [5, 5.41) is 9.32. The Morgan fingerprint density at radius 3 is 2.04 bits per heavy atom. The average Bonchev–Trinajstić information content (AvgIpc) is 2.62. The summed E-state index contributed by atoms with van der Waals surface area (Å²) in [6.07, 6.45) is 5.66. The monoisotopic (exact) mass is 405 g/mol. The van der Waals surface area contributed by atoms with Crippen molar-refractivity contribution in [2.45, 2.75) is 38.1 Å². The summed E-state index contributed by atoms with van der Waals surface area (Å²) < 4.78 is 0. The number of hydrogen-bond acceptors (Lipinski definition) is 2. The Labute approximate surface area is 168 Å². The van der Waals surface area contributed by atoms with Crippen molar-refractivity contribution in [3.63, 3.8) is 0 Å². The molecule has 0 unspecified atom stereocenters. The number of carbonyl (C=O) groups is 2. The first-order valence-electron chi connectivity index (χ1n) is 8.94. The molecule has 3 rings (SSSR count). The first kappa shape index (κ1) is 19.5. The molecule has 0 atom stereocenters. The molecule has 0 saturated heterocycles. The summed E-state index contributed by atoms with van der Waals surface area (Å²) in [5.41, 5.74) is 1.65. The fourth-order valence-electron chi connectivity index (χ4n) is 3.14. The molecule has 0 bridgehead atoms. The summed E-state index contributed by atoms with van der Waals surface area (Å²) in [6.45, 7) is 0. The molecule has 1 fully saturated rings. The van der Waals surface area contributed by atoms with Gasteiger partial charge in [0.15, 0.2) is 0 Å². The van der Waals surface area contributed by atoms with Gasteiger partial charge in [0.05, 0.1) is 0 Å². The lowest BCUT2D eigenvalue weighted by atomic mass is 9.95. The van der Waals surface area contributed by atoms with E-state index in [4.69, 9.17) is 23.2 Å². The number of carbonyl (C=O) groups excluding carboxylic acids is 2. The van der Waals surface area contributed by atoms with E-state index >= 15 is 0 Å². The Kier molecular flexibility index (Phi) is 6.58. The number of hydrogen-bond donors (Lipinski definition) is 3. The molecule has 1 aliphatic carbocycles. The third kappa shape index (κ3) is 5.88. The predicted molar refractivity (Wildman–Crippen MR) is 110 cm³/mol. The number of amides is 3. The second kappa shape index (κ2) is 9.11. The highest BCUT2D eigenvalue weighted by atomic mass is 35.5. The third-order valence-corrected chi connectivity index (χ3v) is 4.90. The number of urea groups is 1. The zero-order valence-electron chi connectivity index (χ0n) is 14.7. The van der Waals surface area contributed by atoms with Gasteiger partial charge < -0.3 is 16.0 Å². The van der Waals surface area contributed by atoms with E-state index in [2.05, 4.69) is 16.0 Å². The number of nitrogens with one attached hydrogen (secondary N) is 3. The summed E-state index contributed by atoms with van der Waals surface area (Å²) in [7, 11) is 0. The highest BCUT2D eigenvalue weighted by molar-refractivity contribution is 6.35. The van der Waals surface area contributed by atoms with Crippen molar-refractivity contribution in [2.75, 3.05) is 10.6 Å². The second-order valence-electron chi connectivity index (χ2n) is 6.62. The van der Waals surface area contributed by atoms with Crippen LogP contribution >= 0.6 is 23.2 Å². The quantitative estimate of drug-likeness (QED) is 0.610. The van der Waals surface area contributed by atoms with Crippen LogP contribution in [0.15, 0.2) is 42.5 Å². The fraction of sp³-hybridized carbons (Fsp3) is 0.300. The lowest BCUT2D eigenvalue weighted by Crippen LogP contribution is -2.36.